The molecule has 2 heteroatoms. The van der Waals surface area contributed by atoms with E-state index in [0.29, 0.717) is 6.61 Å². The van der Waals surface area contributed by atoms with Crippen LogP contribution in [0.25, 0.3) is 0 Å². The van der Waals surface area contributed by atoms with Gasteiger partial charge in [0.25, 0.3) is 0 Å². The number of unbranched alkanes of at least 4 members (excludes halogenated alkanes) is 2. The molecule has 0 saturated heterocycles. The van der Waals surface area contributed by atoms with E-state index in [0.717, 1.165) is 17.6 Å². The van der Waals surface area contributed by atoms with Crippen molar-refractivity contribution in [2.45, 2.75) is 46.1 Å². The van der Waals surface area contributed by atoms with Crippen LogP contribution < -0.4 is 0 Å². The van der Waals surface area contributed by atoms with Crippen LogP contribution in [0.4, 0.5) is 0 Å². The largest absolute Gasteiger partial charge is 0.391 e. The zero-order valence-electron chi connectivity index (χ0n) is 12.6. The monoisotopic (exact) mass is 264 g/mol. The molecule has 0 spiro atoms. The fraction of sp³-hybridized carbons (Fsp3) is 0.647. The molecule has 1 N–H and O–H groups in total. The van der Waals surface area contributed by atoms with Gasteiger partial charge in [0.2, 0.25) is 0 Å². The maximum atomic E-state index is 9.46. The van der Waals surface area contributed by atoms with Crippen LogP contribution in [0.1, 0.15) is 45.1 Å². The van der Waals surface area contributed by atoms with Gasteiger partial charge in [-0.05, 0) is 12.8 Å². The van der Waals surface area contributed by atoms with Gasteiger partial charge in [-0.25, -0.2) is 0 Å². The van der Waals surface area contributed by atoms with E-state index >= 15 is 0 Å². The third kappa shape index (κ3) is 5.75. The molecular weight excluding hydrogens is 234 g/mol. The fourth-order valence-corrected chi connectivity index (χ4v) is 2.74. The predicted molar refractivity (Wildman–Crippen MR) is 81.9 cm³/mol. The van der Waals surface area contributed by atoms with Crippen LogP contribution in [-0.2, 0) is 6.54 Å². The Kier molecular flexibility index (Phi) is 7.76. The van der Waals surface area contributed by atoms with E-state index in [9.17, 15) is 5.11 Å². The molecule has 1 rings (SSSR count). The third-order valence-electron chi connectivity index (χ3n) is 3.91. The average Bonchev–Trinajstić information content (AvgIpc) is 2.44. The van der Waals surface area contributed by atoms with Crippen LogP contribution in [-0.4, -0.2) is 35.8 Å². The summed E-state index contributed by atoms with van der Waals surface area (Å²) in [6, 6.07) is 10.7. The average molecular weight is 264 g/mol. The van der Waals surface area contributed by atoms with Gasteiger partial charge in [-0.2, -0.15) is 0 Å². The Labute approximate surface area is 118 Å². The van der Waals surface area contributed by atoms with Gasteiger partial charge in [0.05, 0.1) is 19.7 Å². The molecule has 0 saturated carbocycles. The number of aliphatic hydroxyl groups is 1. The second kappa shape index (κ2) is 9.11. The summed E-state index contributed by atoms with van der Waals surface area (Å²) >= 11 is 0. The summed E-state index contributed by atoms with van der Waals surface area (Å²) in [5, 5.41) is 9.46. The molecule has 0 unspecified atom stereocenters. The van der Waals surface area contributed by atoms with Gasteiger partial charge in [0.15, 0.2) is 0 Å². The second-order valence-corrected chi connectivity index (χ2v) is 5.59. The lowest BCUT2D eigenvalue weighted by atomic mass is 10.1. The lowest BCUT2D eigenvalue weighted by Crippen LogP contribution is -2.50. The van der Waals surface area contributed by atoms with Crippen LogP contribution in [0.2, 0.25) is 0 Å². The summed E-state index contributed by atoms with van der Waals surface area (Å²) in [6.07, 6.45) is 4.95. The van der Waals surface area contributed by atoms with Crippen molar-refractivity contribution < 1.29 is 9.59 Å². The van der Waals surface area contributed by atoms with Gasteiger partial charge >= 0.3 is 0 Å². The predicted octanol–water partition coefficient (Wildman–Crippen LogP) is 3.60. The van der Waals surface area contributed by atoms with Gasteiger partial charge in [-0.3, -0.25) is 0 Å². The van der Waals surface area contributed by atoms with Crippen LogP contribution in [0, 0.1) is 0 Å². The number of quaternary nitrogens is 1. The lowest BCUT2D eigenvalue weighted by Gasteiger charge is -2.38. The molecule has 1 aromatic rings. The molecule has 1 aromatic carbocycles. The van der Waals surface area contributed by atoms with E-state index in [-0.39, 0.29) is 0 Å². The Morgan fingerprint density at radius 2 is 1.47 bits per heavy atom. The van der Waals surface area contributed by atoms with Crippen molar-refractivity contribution in [3.05, 3.63) is 35.9 Å². The number of nitrogens with zero attached hydrogens (tertiary/aromatic N) is 1. The number of aliphatic hydroxyl groups excluding tert-OH is 1. The van der Waals surface area contributed by atoms with Crippen molar-refractivity contribution in [1.29, 1.82) is 0 Å². The van der Waals surface area contributed by atoms with Gasteiger partial charge in [-0.1, -0.05) is 57.0 Å². The maximum Gasteiger partial charge on any atom is 0.104 e. The van der Waals surface area contributed by atoms with Crippen molar-refractivity contribution in [1.82, 2.24) is 0 Å². The lowest BCUT2D eigenvalue weighted by molar-refractivity contribution is -0.941. The van der Waals surface area contributed by atoms with Crippen molar-refractivity contribution in [3.8, 4) is 0 Å². The molecule has 2 nitrogen and oxygen atoms in total. The normalized spacial score (nSPS) is 11.7. The fourth-order valence-electron chi connectivity index (χ4n) is 2.74. The van der Waals surface area contributed by atoms with E-state index in [1.165, 1.54) is 44.3 Å². The molecule has 0 aromatic heterocycles. The highest BCUT2D eigenvalue weighted by atomic mass is 16.3. The number of rotatable bonds is 10. The van der Waals surface area contributed by atoms with E-state index < -0.39 is 0 Å². The highest BCUT2D eigenvalue weighted by Gasteiger charge is 2.26. The molecule has 0 fully saturated rings. The van der Waals surface area contributed by atoms with Crippen molar-refractivity contribution in [2.24, 2.45) is 0 Å². The minimum atomic E-state index is 0.292. The molecule has 108 valence electrons. The minimum Gasteiger partial charge on any atom is -0.391 e. The number of hydrogen-bond acceptors (Lipinski definition) is 1. The minimum absolute atomic E-state index is 0.292. The Bertz CT molecular complexity index is 315. The standard InChI is InChI=1S/C17H30NO/c1-3-5-12-18(14-15-19,13-6-4-2)16-17-10-8-7-9-11-17/h7-11,19H,3-6,12-16H2,1-2H3/q+1. The molecule has 0 aliphatic rings. The van der Waals surface area contributed by atoms with Crippen LogP contribution in [0.3, 0.4) is 0 Å². The van der Waals surface area contributed by atoms with Crippen LogP contribution in [0.5, 0.6) is 0 Å². The van der Waals surface area contributed by atoms with Crippen molar-refractivity contribution >= 4 is 0 Å². The number of hydrogen-bond donors (Lipinski definition) is 1. The first-order chi connectivity index (χ1) is 9.26. The number of benzene rings is 1. The van der Waals surface area contributed by atoms with Gasteiger partial charge in [0.1, 0.15) is 13.1 Å². The Morgan fingerprint density at radius 3 is 1.95 bits per heavy atom. The highest BCUT2D eigenvalue weighted by molar-refractivity contribution is 5.13. The van der Waals surface area contributed by atoms with E-state index in [4.69, 9.17) is 0 Å². The molecule has 0 aliphatic carbocycles. The van der Waals surface area contributed by atoms with Crippen molar-refractivity contribution in [3.63, 3.8) is 0 Å². The Hall–Kier alpha value is -0.860. The molecule has 0 radical (unpaired) electrons. The first-order valence-electron chi connectivity index (χ1n) is 7.76. The second-order valence-electron chi connectivity index (χ2n) is 5.59. The summed E-state index contributed by atoms with van der Waals surface area (Å²) in [6.45, 7) is 9.10. The van der Waals surface area contributed by atoms with Crippen LogP contribution >= 0.6 is 0 Å². The van der Waals surface area contributed by atoms with E-state index in [1.807, 2.05) is 0 Å². The molecule has 0 atom stereocenters. The summed E-state index contributed by atoms with van der Waals surface area (Å²) < 4.78 is 1.04. The summed E-state index contributed by atoms with van der Waals surface area (Å²) in [5.74, 6) is 0. The zero-order valence-corrected chi connectivity index (χ0v) is 12.6. The summed E-state index contributed by atoms with van der Waals surface area (Å²) in [7, 11) is 0. The van der Waals surface area contributed by atoms with Gasteiger partial charge < -0.3 is 9.59 Å². The molecule has 0 heterocycles. The molecule has 0 amide bonds. The third-order valence-corrected chi connectivity index (χ3v) is 3.91. The van der Waals surface area contributed by atoms with Crippen molar-refractivity contribution in [2.75, 3.05) is 26.2 Å². The molecule has 0 bridgehead atoms. The first-order valence-corrected chi connectivity index (χ1v) is 7.76. The summed E-state index contributed by atoms with van der Waals surface area (Å²) in [5.41, 5.74) is 1.39. The smallest absolute Gasteiger partial charge is 0.104 e. The first kappa shape index (κ1) is 16.2. The van der Waals surface area contributed by atoms with E-state index in [1.54, 1.807) is 0 Å². The van der Waals surface area contributed by atoms with Gasteiger partial charge in [-0.15, -0.1) is 0 Å². The molecule has 19 heavy (non-hydrogen) atoms. The van der Waals surface area contributed by atoms with E-state index in [2.05, 4.69) is 44.2 Å². The molecule has 0 aliphatic heterocycles. The maximum absolute atomic E-state index is 9.46. The quantitative estimate of drug-likeness (QED) is 0.640. The highest BCUT2D eigenvalue weighted by Crippen LogP contribution is 2.18. The van der Waals surface area contributed by atoms with Gasteiger partial charge in [0, 0.05) is 5.56 Å². The Morgan fingerprint density at radius 1 is 0.895 bits per heavy atom. The Balaban J connectivity index is 2.79. The summed E-state index contributed by atoms with van der Waals surface area (Å²) in [4.78, 5) is 0. The topological polar surface area (TPSA) is 20.2 Å². The zero-order chi connectivity index (χ0) is 14.0. The van der Waals surface area contributed by atoms with Crippen LogP contribution in [0.15, 0.2) is 30.3 Å². The SMILES string of the molecule is CCCC[N+](CCO)(CCCC)Cc1ccccc1. The molecular formula is C17H30NO+.